The van der Waals surface area contributed by atoms with Gasteiger partial charge in [0.05, 0.1) is 31.3 Å². The molecule has 47 heavy (non-hydrogen) atoms. The maximum atomic E-state index is 11.1. The molecule has 0 aliphatic rings. The number of thiol groups is 1. The zero-order valence-corrected chi connectivity index (χ0v) is 28.2. The molecule has 0 aliphatic carbocycles. The Bertz CT molecular complexity index is 1410. The van der Waals surface area contributed by atoms with E-state index < -0.39 is 0 Å². The standard InChI is InChI=1S/C35H46N6O5S/c1-35(2,34-38-39-40-41(34)19-12-21-44-27-45-26-43-20-11-18-36-32(42)25-47)17-9-10-22-46-33-24-30(28-13-5-3-6-14-28)23-31(37-33)29-15-7-4-8-16-29/h3-8,13-16,23-24,47H,9-12,17-22,25-27H2,1-2H3,(H,36,42). The molecule has 0 saturated carbocycles. The first-order chi connectivity index (χ1) is 23.0. The number of nitrogens with one attached hydrogen (secondary N) is 1. The van der Waals surface area contributed by atoms with Crippen molar-refractivity contribution in [2.75, 3.05) is 45.7 Å². The van der Waals surface area contributed by atoms with Gasteiger partial charge in [0, 0.05) is 30.1 Å². The molecule has 0 atom stereocenters. The number of ether oxygens (including phenoxy) is 4. The number of aryl methyl sites for hydroxylation is 1. The van der Waals surface area contributed by atoms with Crippen LogP contribution in [0.3, 0.4) is 0 Å². The summed E-state index contributed by atoms with van der Waals surface area (Å²) in [5.41, 5.74) is 3.95. The highest BCUT2D eigenvalue weighted by Crippen LogP contribution is 2.30. The Hall–Kier alpha value is -3.84. The third-order valence-electron chi connectivity index (χ3n) is 7.48. The minimum atomic E-state index is -0.202. The number of benzene rings is 2. The molecule has 1 N–H and O–H groups in total. The van der Waals surface area contributed by atoms with Gasteiger partial charge in [-0.1, -0.05) is 74.5 Å². The van der Waals surface area contributed by atoms with E-state index in [4.69, 9.17) is 23.9 Å². The van der Waals surface area contributed by atoms with E-state index in [1.54, 1.807) is 0 Å². The highest BCUT2D eigenvalue weighted by atomic mass is 32.1. The number of aromatic nitrogens is 5. The first-order valence-corrected chi connectivity index (χ1v) is 16.7. The van der Waals surface area contributed by atoms with Crippen LogP contribution in [0.15, 0.2) is 72.8 Å². The average molecular weight is 663 g/mol. The molecule has 2 heterocycles. The minimum absolute atomic E-state index is 0.0887. The Morgan fingerprint density at radius 2 is 1.53 bits per heavy atom. The zero-order valence-electron chi connectivity index (χ0n) is 27.3. The molecule has 11 nitrogen and oxygen atoms in total. The lowest BCUT2D eigenvalue weighted by Gasteiger charge is -2.23. The molecule has 0 aliphatic heterocycles. The van der Waals surface area contributed by atoms with Crippen molar-refractivity contribution in [2.45, 2.75) is 57.9 Å². The lowest BCUT2D eigenvalue weighted by atomic mass is 9.86. The van der Waals surface area contributed by atoms with Gasteiger partial charge >= 0.3 is 0 Å². The van der Waals surface area contributed by atoms with Crippen molar-refractivity contribution in [2.24, 2.45) is 0 Å². The van der Waals surface area contributed by atoms with E-state index in [1.807, 2.05) is 47.1 Å². The van der Waals surface area contributed by atoms with Gasteiger partial charge < -0.3 is 24.3 Å². The maximum absolute atomic E-state index is 11.1. The van der Waals surface area contributed by atoms with Gasteiger partial charge in [0.25, 0.3) is 0 Å². The Kier molecular flexibility index (Phi) is 15.1. The van der Waals surface area contributed by atoms with E-state index in [0.717, 1.165) is 53.9 Å². The molecule has 252 valence electrons. The van der Waals surface area contributed by atoms with Crippen molar-refractivity contribution in [3.05, 3.63) is 78.6 Å². The third kappa shape index (κ3) is 12.4. The van der Waals surface area contributed by atoms with Crippen LogP contribution in [-0.4, -0.2) is 76.8 Å². The monoisotopic (exact) mass is 662 g/mol. The quantitative estimate of drug-likeness (QED) is 0.0618. The molecule has 1 amide bonds. The molecular weight excluding hydrogens is 616 g/mol. The van der Waals surface area contributed by atoms with Crippen LogP contribution in [0.2, 0.25) is 0 Å². The van der Waals surface area contributed by atoms with E-state index >= 15 is 0 Å². The summed E-state index contributed by atoms with van der Waals surface area (Å²) in [5, 5.41) is 15.2. The molecule has 0 saturated heterocycles. The summed E-state index contributed by atoms with van der Waals surface area (Å²) in [6, 6.07) is 24.6. The summed E-state index contributed by atoms with van der Waals surface area (Å²) in [7, 11) is 0. The Balaban J connectivity index is 1.15. The first kappa shape index (κ1) is 36.0. The van der Waals surface area contributed by atoms with Gasteiger partial charge in [-0.15, -0.1) is 5.10 Å². The normalized spacial score (nSPS) is 11.5. The highest BCUT2D eigenvalue weighted by Gasteiger charge is 2.27. The molecular formula is C35H46N6O5S. The van der Waals surface area contributed by atoms with Gasteiger partial charge in [-0.3, -0.25) is 4.79 Å². The van der Waals surface area contributed by atoms with E-state index in [-0.39, 0.29) is 30.7 Å². The molecule has 4 aromatic rings. The summed E-state index contributed by atoms with van der Waals surface area (Å²) in [5.74, 6) is 1.58. The Morgan fingerprint density at radius 3 is 2.26 bits per heavy atom. The SMILES string of the molecule is CC(C)(CCCCOc1cc(-c2ccccc2)cc(-c2ccccc2)n1)c1nnnn1CCCOCOCOCCCNC(=O)CS. The number of pyridine rings is 1. The number of unbranched alkanes of at least 4 members (excludes halogenated alkanes) is 1. The summed E-state index contributed by atoms with van der Waals surface area (Å²) >= 11 is 3.91. The molecule has 0 unspecified atom stereocenters. The van der Waals surface area contributed by atoms with E-state index in [9.17, 15) is 4.79 Å². The van der Waals surface area contributed by atoms with Crippen LogP contribution in [0.1, 0.15) is 51.8 Å². The maximum Gasteiger partial charge on any atom is 0.229 e. The summed E-state index contributed by atoms with van der Waals surface area (Å²) in [6.07, 6.45) is 4.20. The number of carbonyl (C=O) groups excluding carboxylic acids is 1. The van der Waals surface area contributed by atoms with Gasteiger partial charge in [-0.05, 0) is 59.7 Å². The van der Waals surface area contributed by atoms with Crippen molar-refractivity contribution >= 4 is 18.5 Å². The fourth-order valence-electron chi connectivity index (χ4n) is 4.97. The fraction of sp³-hybridized carbons (Fsp3) is 0.457. The van der Waals surface area contributed by atoms with Gasteiger partial charge in [0.2, 0.25) is 11.8 Å². The Labute approximate surface area is 282 Å². The van der Waals surface area contributed by atoms with Crippen LogP contribution in [0.4, 0.5) is 0 Å². The molecule has 2 aromatic heterocycles. The average Bonchev–Trinajstić information content (AvgIpc) is 3.59. The van der Waals surface area contributed by atoms with E-state index in [2.05, 4.69) is 77.7 Å². The number of hydrogen-bond donors (Lipinski definition) is 2. The number of carbonyl (C=O) groups is 1. The number of hydrogen-bond acceptors (Lipinski definition) is 10. The predicted molar refractivity (Wildman–Crippen MR) is 184 cm³/mol. The van der Waals surface area contributed by atoms with Crippen LogP contribution in [0.5, 0.6) is 5.88 Å². The highest BCUT2D eigenvalue weighted by molar-refractivity contribution is 7.81. The van der Waals surface area contributed by atoms with Crippen molar-refractivity contribution in [1.82, 2.24) is 30.5 Å². The van der Waals surface area contributed by atoms with Gasteiger partial charge in [0.1, 0.15) is 13.6 Å². The summed E-state index contributed by atoms with van der Waals surface area (Å²) < 4.78 is 24.3. The molecule has 4 rings (SSSR count). The number of amides is 1. The molecule has 0 bridgehead atoms. The van der Waals surface area contributed by atoms with E-state index in [1.165, 1.54) is 0 Å². The zero-order chi connectivity index (χ0) is 33.2. The van der Waals surface area contributed by atoms with Crippen molar-refractivity contribution in [1.29, 1.82) is 0 Å². The van der Waals surface area contributed by atoms with Crippen LogP contribution < -0.4 is 10.1 Å². The fourth-order valence-corrected chi connectivity index (χ4v) is 5.09. The molecule has 0 fully saturated rings. The number of tetrazole rings is 1. The van der Waals surface area contributed by atoms with Gasteiger partial charge in [0.15, 0.2) is 5.82 Å². The third-order valence-corrected chi connectivity index (χ3v) is 7.77. The molecule has 0 spiro atoms. The second-order valence-electron chi connectivity index (χ2n) is 11.7. The van der Waals surface area contributed by atoms with Crippen LogP contribution in [0.25, 0.3) is 22.4 Å². The number of nitrogens with zero attached hydrogens (tertiary/aromatic N) is 5. The van der Waals surface area contributed by atoms with Gasteiger partial charge in [-0.25, -0.2) is 9.67 Å². The van der Waals surface area contributed by atoms with Crippen molar-refractivity contribution in [3.63, 3.8) is 0 Å². The minimum Gasteiger partial charge on any atom is -0.478 e. The van der Waals surface area contributed by atoms with Gasteiger partial charge in [-0.2, -0.15) is 12.6 Å². The molecule has 0 radical (unpaired) electrons. The van der Waals surface area contributed by atoms with Crippen LogP contribution in [0, 0.1) is 0 Å². The van der Waals surface area contributed by atoms with Crippen molar-refractivity contribution in [3.8, 4) is 28.3 Å². The molecule has 12 heteroatoms. The predicted octanol–water partition coefficient (Wildman–Crippen LogP) is 5.72. The largest absolute Gasteiger partial charge is 0.478 e. The second-order valence-corrected chi connectivity index (χ2v) is 12.0. The van der Waals surface area contributed by atoms with Crippen molar-refractivity contribution < 1.29 is 23.7 Å². The Morgan fingerprint density at radius 1 is 0.830 bits per heavy atom. The lowest BCUT2D eigenvalue weighted by molar-refractivity contribution is -0.131. The number of rotatable bonds is 22. The second kappa shape index (κ2) is 19.7. The smallest absolute Gasteiger partial charge is 0.229 e. The summed E-state index contributed by atoms with van der Waals surface area (Å²) in [4.78, 5) is 15.9. The van der Waals surface area contributed by atoms with Crippen LogP contribution in [-0.2, 0) is 31.0 Å². The van der Waals surface area contributed by atoms with E-state index in [0.29, 0.717) is 45.2 Å². The first-order valence-electron chi connectivity index (χ1n) is 16.1. The topological polar surface area (TPSA) is 123 Å². The summed E-state index contributed by atoms with van der Waals surface area (Å²) in [6.45, 7) is 7.41. The van der Waals surface area contributed by atoms with Crippen LogP contribution >= 0.6 is 12.6 Å². The lowest BCUT2D eigenvalue weighted by Crippen LogP contribution is -2.26. The molecule has 2 aromatic carbocycles.